The zero-order valence-corrected chi connectivity index (χ0v) is 11.9. The zero-order valence-electron chi connectivity index (χ0n) is 11.9. The van der Waals surface area contributed by atoms with E-state index in [1.165, 1.54) is 23.1 Å². The van der Waals surface area contributed by atoms with Gasteiger partial charge in [0.2, 0.25) is 0 Å². The summed E-state index contributed by atoms with van der Waals surface area (Å²) in [6, 6.07) is 19.8. The number of hydrogen-bond donors (Lipinski definition) is 1. The molecule has 0 saturated heterocycles. The van der Waals surface area contributed by atoms with Gasteiger partial charge in [0, 0.05) is 12.6 Å². The Balaban J connectivity index is 1.76. The summed E-state index contributed by atoms with van der Waals surface area (Å²) in [5.41, 5.74) is 4.19. The zero-order chi connectivity index (χ0) is 13.5. The second kappa shape index (κ2) is 7.10. The van der Waals surface area contributed by atoms with Crippen molar-refractivity contribution in [3.05, 3.63) is 71.3 Å². The van der Waals surface area contributed by atoms with E-state index in [1.54, 1.807) is 0 Å². The van der Waals surface area contributed by atoms with Gasteiger partial charge < -0.3 is 5.32 Å². The lowest BCUT2D eigenvalue weighted by Crippen LogP contribution is -2.26. The van der Waals surface area contributed by atoms with Crippen molar-refractivity contribution in [2.24, 2.45) is 0 Å². The molecule has 0 amide bonds. The monoisotopic (exact) mass is 253 g/mol. The Morgan fingerprint density at radius 2 is 1.63 bits per heavy atom. The molecule has 0 aliphatic heterocycles. The third-order valence-corrected chi connectivity index (χ3v) is 3.61. The van der Waals surface area contributed by atoms with Crippen LogP contribution in [0.4, 0.5) is 0 Å². The number of aryl methyl sites for hydroxylation is 2. The highest BCUT2D eigenvalue weighted by molar-refractivity contribution is 5.25. The van der Waals surface area contributed by atoms with Gasteiger partial charge >= 0.3 is 0 Å². The summed E-state index contributed by atoms with van der Waals surface area (Å²) >= 11 is 0. The van der Waals surface area contributed by atoms with Gasteiger partial charge in [0.25, 0.3) is 0 Å². The van der Waals surface area contributed by atoms with Crippen molar-refractivity contribution in [3.63, 3.8) is 0 Å². The molecule has 19 heavy (non-hydrogen) atoms. The van der Waals surface area contributed by atoms with E-state index >= 15 is 0 Å². The summed E-state index contributed by atoms with van der Waals surface area (Å²) in [7, 11) is 0. The Labute approximate surface area is 116 Å². The second-order valence-corrected chi connectivity index (χ2v) is 5.23. The Kier molecular flexibility index (Phi) is 5.17. The Bertz CT molecular complexity index is 490. The van der Waals surface area contributed by atoms with Gasteiger partial charge in [0.1, 0.15) is 0 Å². The van der Waals surface area contributed by atoms with E-state index in [1.807, 2.05) is 0 Å². The molecule has 2 rings (SSSR count). The predicted octanol–water partition coefficient (Wildman–Crippen LogP) is 4.11. The van der Waals surface area contributed by atoms with Crippen molar-refractivity contribution in [1.29, 1.82) is 0 Å². The molecule has 1 unspecified atom stereocenters. The van der Waals surface area contributed by atoms with Crippen LogP contribution in [0.2, 0.25) is 0 Å². The van der Waals surface area contributed by atoms with E-state index in [2.05, 4.69) is 73.8 Å². The van der Waals surface area contributed by atoms with Crippen molar-refractivity contribution < 1.29 is 0 Å². The number of rotatable bonds is 6. The van der Waals surface area contributed by atoms with Crippen LogP contribution in [0.3, 0.4) is 0 Å². The Hall–Kier alpha value is -1.60. The number of benzene rings is 2. The highest BCUT2D eigenvalue weighted by atomic mass is 14.9. The van der Waals surface area contributed by atoms with Crippen LogP contribution in [-0.4, -0.2) is 6.04 Å². The largest absolute Gasteiger partial charge is 0.310 e. The normalized spacial score (nSPS) is 12.3. The molecule has 1 N–H and O–H groups in total. The lowest BCUT2D eigenvalue weighted by atomic mass is 10.1. The first-order valence-electron chi connectivity index (χ1n) is 7.07. The minimum absolute atomic E-state index is 0.541. The highest BCUT2D eigenvalue weighted by Crippen LogP contribution is 2.08. The molecule has 1 heteroatoms. The van der Waals surface area contributed by atoms with Crippen LogP contribution < -0.4 is 5.32 Å². The first-order valence-corrected chi connectivity index (χ1v) is 7.07. The van der Waals surface area contributed by atoms with Gasteiger partial charge in [-0.15, -0.1) is 0 Å². The van der Waals surface area contributed by atoms with Gasteiger partial charge in [-0.25, -0.2) is 0 Å². The van der Waals surface area contributed by atoms with Crippen LogP contribution >= 0.6 is 0 Å². The summed E-state index contributed by atoms with van der Waals surface area (Å²) < 4.78 is 0. The molecule has 1 nitrogen and oxygen atoms in total. The summed E-state index contributed by atoms with van der Waals surface area (Å²) in [4.78, 5) is 0. The molecule has 0 fully saturated rings. The fourth-order valence-corrected chi connectivity index (χ4v) is 2.22. The van der Waals surface area contributed by atoms with Crippen molar-refractivity contribution in [2.75, 3.05) is 0 Å². The molecule has 0 aliphatic rings. The lowest BCUT2D eigenvalue weighted by Gasteiger charge is -2.15. The molecule has 1 atom stereocenters. The van der Waals surface area contributed by atoms with Crippen molar-refractivity contribution in [3.8, 4) is 0 Å². The fourth-order valence-electron chi connectivity index (χ4n) is 2.22. The number of hydrogen-bond acceptors (Lipinski definition) is 1. The van der Waals surface area contributed by atoms with Gasteiger partial charge in [0.15, 0.2) is 0 Å². The third-order valence-electron chi connectivity index (χ3n) is 3.61. The molecule has 0 bridgehead atoms. The molecule has 0 saturated carbocycles. The summed E-state index contributed by atoms with van der Waals surface area (Å²) in [6.07, 6.45) is 2.32. The SMILES string of the molecule is Cc1ccccc1CNC(C)CCc1ccccc1. The number of nitrogens with one attached hydrogen (secondary N) is 1. The van der Waals surface area contributed by atoms with E-state index in [0.29, 0.717) is 6.04 Å². The lowest BCUT2D eigenvalue weighted by molar-refractivity contribution is 0.513. The maximum atomic E-state index is 3.61. The second-order valence-electron chi connectivity index (χ2n) is 5.23. The molecule has 0 radical (unpaired) electrons. The molecule has 100 valence electrons. The summed E-state index contributed by atoms with van der Waals surface area (Å²) in [6.45, 7) is 5.40. The Morgan fingerprint density at radius 1 is 0.947 bits per heavy atom. The molecule has 0 aliphatic carbocycles. The minimum Gasteiger partial charge on any atom is -0.310 e. The molecule has 2 aromatic carbocycles. The summed E-state index contributed by atoms with van der Waals surface area (Å²) in [5, 5.41) is 3.61. The Morgan fingerprint density at radius 3 is 2.37 bits per heavy atom. The average molecular weight is 253 g/mol. The van der Waals surface area contributed by atoms with Crippen LogP contribution in [-0.2, 0) is 13.0 Å². The van der Waals surface area contributed by atoms with Crippen LogP contribution in [0.1, 0.15) is 30.0 Å². The van der Waals surface area contributed by atoms with E-state index < -0.39 is 0 Å². The van der Waals surface area contributed by atoms with Crippen LogP contribution in [0.5, 0.6) is 0 Å². The predicted molar refractivity (Wildman–Crippen MR) is 82.2 cm³/mol. The van der Waals surface area contributed by atoms with Crippen molar-refractivity contribution in [1.82, 2.24) is 5.32 Å². The van der Waals surface area contributed by atoms with E-state index in [-0.39, 0.29) is 0 Å². The highest BCUT2D eigenvalue weighted by Gasteiger charge is 2.03. The van der Waals surface area contributed by atoms with E-state index in [0.717, 1.165) is 13.0 Å². The molecule has 0 aromatic heterocycles. The molecular weight excluding hydrogens is 230 g/mol. The fraction of sp³-hybridized carbons (Fsp3) is 0.333. The molecule has 0 spiro atoms. The van der Waals surface area contributed by atoms with Crippen molar-refractivity contribution >= 4 is 0 Å². The molecule has 2 aromatic rings. The first kappa shape index (κ1) is 13.8. The van der Waals surface area contributed by atoms with E-state index in [4.69, 9.17) is 0 Å². The van der Waals surface area contributed by atoms with Gasteiger partial charge in [-0.3, -0.25) is 0 Å². The molecular formula is C18H23N. The average Bonchev–Trinajstić information content (AvgIpc) is 2.45. The van der Waals surface area contributed by atoms with E-state index in [9.17, 15) is 0 Å². The quantitative estimate of drug-likeness (QED) is 0.817. The molecule has 0 heterocycles. The smallest absolute Gasteiger partial charge is 0.0210 e. The minimum atomic E-state index is 0.541. The van der Waals surface area contributed by atoms with Crippen LogP contribution in [0.15, 0.2) is 54.6 Å². The van der Waals surface area contributed by atoms with Gasteiger partial charge in [-0.05, 0) is 43.4 Å². The third kappa shape index (κ3) is 4.53. The maximum absolute atomic E-state index is 3.61. The van der Waals surface area contributed by atoms with Crippen LogP contribution in [0, 0.1) is 6.92 Å². The van der Waals surface area contributed by atoms with Crippen molar-refractivity contribution in [2.45, 2.75) is 39.3 Å². The summed E-state index contributed by atoms with van der Waals surface area (Å²) in [5.74, 6) is 0. The van der Waals surface area contributed by atoms with Gasteiger partial charge in [0.05, 0.1) is 0 Å². The first-order chi connectivity index (χ1) is 9.25. The van der Waals surface area contributed by atoms with Gasteiger partial charge in [-0.2, -0.15) is 0 Å². The topological polar surface area (TPSA) is 12.0 Å². The maximum Gasteiger partial charge on any atom is 0.0210 e. The van der Waals surface area contributed by atoms with Gasteiger partial charge in [-0.1, -0.05) is 54.6 Å². The standard InChI is InChI=1S/C18H23N/c1-15-8-6-7-11-18(15)14-19-16(2)12-13-17-9-4-3-5-10-17/h3-11,16,19H,12-14H2,1-2H3. The van der Waals surface area contributed by atoms with Crippen LogP contribution in [0.25, 0.3) is 0 Å².